The van der Waals surface area contributed by atoms with E-state index < -0.39 is 0 Å². The molecule has 6 aliphatic rings. The number of hydrogen-bond donors (Lipinski definition) is 0. The van der Waals surface area contributed by atoms with Crippen molar-refractivity contribution in [1.82, 2.24) is 0 Å². The molecular formula is C16H16O3. The van der Waals surface area contributed by atoms with Gasteiger partial charge in [0.25, 0.3) is 0 Å². The molecule has 0 amide bonds. The second kappa shape index (κ2) is 2.73. The van der Waals surface area contributed by atoms with Crippen molar-refractivity contribution in [3.63, 3.8) is 0 Å². The molecule has 0 aromatic heterocycles. The smallest absolute Gasteiger partial charge is 0.141 e. The van der Waals surface area contributed by atoms with Crippen LogP contribution in [0.25, 0.3) is 0 Å². The van der Waals surface area contributed by atoms with Gasteiger partial charge in [-0.25, -0.2) is 0 Å². The molecule has 6 rings (SSSR count). The number of ketones is 2. The first-order chi connectivity index (χ1) is 9.25. The fourth-order valence-electron chi connectivity index (χ4n) is 6.46. The van der Waals surface area contributed by atoms with Crippen LogP contribution in [0.1, 0.15) is 12.8 Å². The Labute approximate surface area is 111 Å². The first-order valence-corrected chi connectivity index (χ1v) is 7.67. The summed E-state index contributed by atoms with van der Waals surface area (Å²) >= 11 is 0. The molecule has 10 atom stereocenters. The lowest BCUT2D eigenvalue weighted by molar-refractivity contribution is -0.149. The highest BCUT2D eigenvalue weighted by atomic mass is 16.6. The monoisotopic (exact) mass is 256 g/mol. The Morgan fingerprint density at radius 3 is 1.84 bits per heavy atom. The van der Waals surface area contributed by atoms with Crippen molar-refractivity contribution in [3.8, 4) is 0 Å². The maximum atomic E-state index is 12.9. The highest BCUT2D eigenvalue weighted by molar-refractivity contribution is 6.02. The third-order valence-corrected chi connectivity index (χ3v) is 7.03. The normalized spacial score (nSPS) is 66.3. The molecule has 5 fully saturated rings. The standard InChI is InChI=1S/C16H16O3/c17-13-9-5-1-2-6(3-5)10(9)14(18)12-8-4-7(11(12)13)15-16(8)19-15/h1-2,5-12,15-16H,3-4H2/t5-,6-,7+,8+,9-,10+,11+,12-,15-,16-/m0/s1. The Morgan fingerprint density at radius 2 is 1.32 bits per heavy atom. The number of hydrogen-bond acceptors (Lipinski definition) is 3. The summed E-state index contributed by atoms with van der Waals surface area (Å²) < 4.78 is 5.70. The second-order valence-electron chi connectivity index (χ2n) is 7.48. The third-order valence-electron chi connectivity index (χ3n) is 7.03. The summed E-state index contributed by atoms with van der Waals surface area (Å²) in [5.74, 6) is 2.43. The fraction of sp³-hybridized carbons (Fsp3) is 0.750. The van der Waals surface area contributed by atoms with E-state index in [-0.39, 0.29) is 23.7 Å². The number of ether oxygens (including phenoxy) is 1. The second-order valence-corrected chi connectivity index (χ2v) is 7.48. The lowest BCUT2D eigenvalue weighted by Crippen LogP contribution is -2.52. The molecule has 3 heteroatoms. The molecule has 0 radical (unpaired) electrons. The van der Waals surface area contributed by atoms with Gasteiger partial charge < -0.3 is 4.74 Å². The van der Waals surface area contributed by atoms with E-state index in [4.69, 9.17) is 4.74 Å². The van der Waals surface area contributed by atoms with Gasteiger partial charge >= 0.3 is 0 Å². The van der Waals surface area contributed by atoms with Crippen molar-refractivity contribution >= 4 is 11.6 Å². The van der Waals surface area contributed by atoms with Gasteiger partial charge in [0.1, 0.15) is 11.6 Å². The zero-order chi connectivity index (χ0) is 12.5. The zero-order valence-corrected chi connectivity index (χ0v) is 10.6. The molecule has 0 aromatic rings. The SMILES string of the molecule is O=C1[C@@H]2[C@H]3C[C@@H]([C@@H]4O[C@@H]34)[C@@H]2C(=O)[C@H]2[C@@H]1[C@H]1C=C[C@H]2C1. The van der Waals surface area contributed by atoms with Gasteiger partial charge in [0.15, 0.2) is 0 Å². The number of fused-ring (bicyclic) bond motifs is 13. The Kier molecular flexibility index (Phi) is 1.42. The van der Waals surface area contributed by atoms with Crippen LogP contribution in [0.15, 0.2) is 12.2 Å². The first-order valence-electron chi connectivity index (χ1n) is 7.67. The fourth-order valence-corrected chi connectivity index (χ4v) is 6.46. The van der Waals surface area contributed by atoms with Crippen LogP contribution in [0.5, 0.6) is 0 Å². The van der Waals surface area contributed by atoms with E-state index >= 15 is 0 Å². The molecule has 98 valence electrons. The van der Waals surface area contributed by atoms with Crippen LogP contribution < -0.4 is 0 Å². The van der Waals surface area contributed by atoms with Crippen LogP contribution >= 0.6 is 0 Å². The van der Waals surface area contributed by atoms with Gasteiger partial charge in [0.05, 0.1) is 12.2 Å². The third kappa shape index (κ3) is 0.884. The van der Waals surface area contributed by atoms with Gasteiger partial charge in [-0.3, -0.25) is 9.59 Å². The van der Waals surface area contributed by atoms with E-state index in [9.17, 15) is 9.59 Å². The van der Waals surface area contributed by atoms with Gasteiger partial charge in [0, 0.05) is 23.7 Å². The largest absolute Gasteiger partial charge is 0.369 e. The van der Waals surface area contributed by atoms with Gasteiger partial charge in [-0.05, 0) is 36.5 Å². The summed E-state index contributed by atoms with van der Waals surface area (Å²) in [7, 11) is 0. The molecule has 4 bridgehead atoms. The lowest BCUT2D eigenvalue weighted by atomic mass is 9.59. The highest BCUT2D eigenvalue weighted by Crippen LogP contribution is 2.67. The number of epoxide rings is 1. The Morgan fingerprint density at radius 1 is 0.789 bits per heavy atom. The van der Waals surface area contributed by atoms with Crippen LogP contribution in [-0.2, 0) is 14.3 Å². The first kappa shape index (κ1) is 9.87. The van der Waals surface area contributed by atoms with Crippen molar-refractivity contribution in [1.29, 1.82) is 0 Å². The number of rotatable bonds is 0. The maximum Gasteiger partial charge on any atom is 0.141 e. The van der Waals surface area contributed by atoms with Gasteiger partial charge in [-0.1, -0.05) is 12.2 Å². The van der Waals surface area contributed by atoms with E-state index in [2.05, 4.69) is 12.2 Å². The van der Waals surface area contributed by atoms with Crippen LogP contribution in [0.2, 0.25) is 0 Å². The van der Waals surface area contributed by atoms with Gasteiger partial charge in [0.2, 0.25) is 0 Å². The summed E-state index contributed by atoms with van der Waals surface area (Å²) in [6.07, 6.45) is 7.17. The molecule has 0 spiro atoms. The average Bonchev–Trinajstić information content (AvgIpc) is 2.83. The number of allylic oxidation sites excluding steroid dienone is 2. The van der Waals surface area contributed by atoms with Crippen molar-refractivity contribution in [3.05, 3.63) is 12.2 Å². The summed E-state index contributed by atoms with van der Waals surface area (Å²) in [6, 6.07) is 0. The predicted molar refractivity (Wildman–Crippen MR) is 65.0 cm³/mol. The van der Waals surface area contributed by atoms with E-state index in [1.807, 2.05) is 0 Å². The number of carbonyl (C=O) groups is 2. The Bertz CT molecular complexity index is 518. The minimum atomic E-state index is 0.0234. The molecule has 4 saturated carbocycles. The quantitative estimate of drug-likeness (QED) is 0.484. The number of carbonyl (C=O) groups excluding carboxylic acids is 2. The molecule has 0 unspecified atom stereocenters. The molecule has 0 N–H and O–H groups in total. The predicted octanol–water partition coefficient (Wildman–Crippen LogP) is 1.23. The molecular weight excluding hydrogens is 240 g/mol. The minimum absolute atomic E-state index is 0.0234. The van der Waals surface area contributed by atoms with Crippen molar-refractivity contribution in [2.45, 2.75) is 25.0 Å². The molecule has 19 heavy (non-hydrogen) atoms. The summed E-state index contributed by atoms with van der Waals surface area (Å²) in [5.41, 5.74) is 0. The van der Waals surface area contributed by atoms with Crippen LogP contribution in [0, 0.1) is 47.3 Å². The van der Waals surface area contributed by atoms with E-state index in [1.54, 1.807) is 0 Å². The summed E-state index contributed by atoms with van der Waals surface area (Å²) in [6.45, 7) is 0. The maximum absolute atomic E-state index is 12.9. The Balaban J connectivity index is 1.50. The lowest BCUT2D eigenvalue weighted by Gasteiger charge is -2.40. The van der Waals surface area contributed by atoms with E-state index in [0.717, 1.165) is 12.8 Å². The molecule has 3 nitrogen and oxygen atoms in total. The topological polar surface area (TPSA) is 46.7 Å². The van der Waals surface area contributed by atoms with Crippen LogP contribution in [0.4, 0.5) is 0 Å². The average molecular weight is 256 g/mol. The molecule has 1 saturated heterocycles. The van der Waals surface area contributed by atoms with Crippen molar-refractivity contribution in [2.75, 3.05) is 0 Å². The van der Waals surface area contributed by atoms with Crippen molar-refractivity contribution in [2.24, 2.45) is 47.3 Å². The summed E-state index contributed by atoms with van der Waals surface area (Å²) in [4.78, 5) is 25.9. The van der Waals surface area contributed by atoms with Gasteiger partial charge in [-0.15, -0.1) is 0 Å². The molecule has 1 heterocycles. The van der Waals surface area contributed by atoms with E-state index in [0.29, 0.717) is 47.4 Å². The summed E-state index contributed by atoms with van der Waals surface area (Å²) in [5, 5.41) is 0. The van der Waals surface area contributed by atoms with Crippen LogP contribution in [-0.4, -0.2) is 23.8 Å². The Hall–Kier alpha value is -0.960. The van der Waals surface area contributed by atoms with Gasteiger partial charge in [-0.2, -0.15) is 0 Å². The van der Waals surface area contributed by atoms with E-state index in [1.165, 1.54) is 0 Å². The molecule has 1 aliphatic heterocycles. The molecule has 0 aromatic carbocycles. The zero-order valence-electron chi connectivity index (χ0n) is 10.6. The molecule has 5 aliphatic carbocycles. The minimum Gasteiger partial charge on any atom is -0.369 e. The number of Topliss-reactive ketones (excluding diaryl/α,β-unsaturated/α-hetero) is 2. The van der Waals surface area contributed by atoms with Crippen LogP contribution in [0.3, 0.4) is 0 Å². The highest BCUT2D eigenvalue weighted by Gasteiger charge is 2.74. The van der Waals surface area contributed by atoms with Crippen molar-refractivity contribution < 1.29 is 14.3 Å².